The van der Waals surface area contributed by atoms with E-state index in [-0.39, 0.29) is 5.75 Å². The summed E-state index contributed by atoms with van der Waals surface area (Å²) in [6.07, 6.45) is -12.2. The summed E-state index contributed by atoms with van der Waals surface area (Å²) in [7, 11) is 0. The number of fused-ring (bicyclic) bond motifs is 1. The number of halogens is 4. The highest BCUT2D eigenvalue weighted by atomic mass is 32.5. The number of ketones is 1. The molecule has 0 radical (unpaired) electrons. The molecule has 6 atom stereocenters. The maximum Gasteiger partial charge on any atom is 0.323 e. The molecule has 10 nitrogen and oxygen atoms in total. The predicted molar refractivity (Wildman–Crippen MR) is 149 cm³/mol. The number of benzene rings is 2. The van der Waals surface area contributed by atoms with Crippen molar-refractivity contribution in [2.75, 3.05) is 6.61 Å². The SMILES string of the molecule is CC(C)OC(=O)[C@H](C)NP(=S)(OC[C@@]1(C(F)F)O[C@@H](N2C=C(F)C(=O)CC2=O)[C@@H](F)[C@@H]1O)Oc1ccc2ccccc2c1. The van der Waals surface area contributed by atoms with E-state index in [4.69, 9.17) is 30.3 Å². The molecular formula is C27H29F4N2O8PS. The Kier molecular flexibility index (Phi) is 9.94. The van der Waals surface area contributed by atoms with Crippen molar-refractivity contribution >= 4 is 46.9 Å². The predicted octanol–water partition coefficient (Wildman–Crippen LogP) is 4.06. The number of esters is 1. The number of amides is 1. The lowest BCUT2D eigenvalue weighted by molar-refractivity contribution is -0.199. The first kappa shape index (κ1) is 33.0. The molecule has 1 amide bonds. The van der Waals surface area contributed by atoms with E-state index in [2.05, 4.69) is 5.09 Å². The van der Waals surface area contributed by atoms with Gasteiger partial charge in [0.2, 0.25) is 11.7 Å². The number of Topliss-reactive ketones (excluding diaryl/α,β-unsaturated/α-hetero) is 1. The average Bonchev–Trinajstić information content (AvgIpc) is 3.19. The minimum Gasteiger partial charge on any atom is -0.462 e. The summed E-state index contributed by atoms with van der Waals surface area (Å²) in [5, 5.41) is 14.9. The maximum absolute atomic E-state index is 15.3. The van der Waals surface area contributed by atoms with Crippen LogP contribution in [0.5, 0.6) is 5.75 Å². The lowest BCUT2D eigenvalue weighted by Gasteiger charge is -2.34. The van der Waals surface area contributed by atoms with Crippen LogP contribution in [0.15, 0.2) is 54.5 Å². The fourth-order valence-electron chi connectivity index (χ4n) is 4.42. The third kappa shape index (κ3) is 7.08. The summed E-state index contributed by atoms with van der Waals surface area (Å²) in [6, 6.07) is 10.9. The van der Waals surface area contributed by atoms with Gasteiger partial charge in [0, 0.05) is 6.20 Å². The van der Waals surface area contributed by atoms with Gasteiger partial charge >= 0.3 is 12.6 Å². The normalized spacial score (nSPS) is 26.5. The number of hydrogen-bond acceptors (Lipinski definition) is 9. The van der Waals surface area contributed by atoms with Crippen molar-refractivity contribution in [3.8, 4) is 5.75 Å². The van der Waals surface area contributed by atoms with Gasteiger partial charge in [-0.25, -0.2) is 22.6 Å². The monoisotopic (exact) mass is 648 g/mol. The number of nitrogens with zero attached hydrogens (tertiary/aromatic N) is 1. The zero-order chi connectivity index (χ0) is 31.7. The van der Waals surface area contributed by atoms with E-state index < -0.39 is 85.8 Å². The number of nitrogens with one attached hydrogen (secondary N) is 1. The van der Waals surface area contributed by atoms with Crippen LogP contribution in [-0.2, 0) is 40.2 Å². The molecule has 0 saturated carbocycles. The van der Waals surface area contributed by atoms with Gasteiger partial charge in [0.1, 0.15) is 17.9 Å². The van der Waals surface area contributed by atoms with Crippen molar-refractivity contribution in [2.45, 2.75) is 69.9 Å². The molecule has 234 valence electrons. The molecule has 4 rings (SSSR count). The van der Waals surface area contributed by atoms with Crippen molar-refractivity contribution in [3.05, 3.63) is 54.5 Å². The first-order valence-corrected chi connectivity index (χ1v) is 15.7. The van der Waals surface area contributed by atoms with Gasteiger partial charge in [-0.05, 0) is 55.5 Å². The third-order valence-corrected chi connectivity index (χ3v) is 9.12. The van der Waals surface area contributed by atoms with Crippen LogP contribution in [0.2, 0.25) is 0 Å². The summed E-state index contributed by atoms with van der Waals surface area (Å²) in [5.41, 5.74) is -3.11. The summed E-state index contributed by atoms with van der Waals surface area (Å²) in [6.45, 7) is -0.674. The van der Waals surface area contributed by atoms with Crippen LogP contribution in [0.3, 0.4) is 0 Å². The number of allylic oxidation sites excluding steroid dienone is 1. The Balaban J connectivity index is 1.63. The number of aliphatic hydroxyl groups is 1. The smallest absolute Gasteiger partial charge is 0.323 e. The van der Waals surface area contributed by atoms with Crippen molar-refractivity contribution < 1.29 is 55.6 Å². The zero-order valence-corrected chi connectivity index (χ0v) is 24.8. The molecular weight excluding hydrogens is 619 g/mol. The highest BCUT2D eigenvalue weighted by Crippen LogP contribution is 2.49. The molecule has 0 spiro atoms. The molecule has 0 aromatic heterocycles. The van der Waals surface area contributed by atoms with Crippen LogP contribution in [0.1, 0.15) is 27.2 Å². The minimum atomic E-state index is -4.00. The van der Waals surface area contributed by atoms with Gasteiger partial charge in [-0.2, -0.15) is 0 Å². The first-order chi connectivity index (χ1) is 20.2. The van der Waals surface area contributed by atoms with Gasteiger partial charge in [-0.3, -0.25) is 19.3 Å². The second kappa shape index (κ2) is 13.0. The topological polar surface area (TPSA) is 124 Å². The molecule has 1 saturated heterocycles. The molecule has 1 fully saturated rings. The van der Waals surface area contributed by atoms with E-state index in [0.29, 0.717) is 11.1 Å². The fraction of sp³-hybridized carbons (Fsp3) is 0.444. The number of aliphatic hydroxyl groups excluding tert-OH is 1. The van der Waals surface area contributed by atoms with Crippen LogP contribution in [0.4, 0.5) is 17.6 Å². The van der Waals surface area contributed by atoms with E-state index >= 15 is 4.39 Å². The number of carbonyl (C=O) groups excluding carboxylic acids is 3. The number of rotatable bonds is 11. The lowest BCUT2D eigenvalue weighted by Crippen LogP contribution is -2.52. The zero-order valence-electron chi connectivity index (χ0n) is 23.1. The molecule has 2 aromatic rings. The average molecular weight is 649 g/mol. The van der Waals surface area contributed by atoms with Gasteiger partial charge in [-0.1, -0.05) is 30.3 Å². The van der Waals surface area contributed by atoms with Crippen LogP contribution in [0, 0.1) is 0 Å². The van der Waals surface area contributed by atoms with Crippen molar-refractivity contribution in [3.63, 3.8) is 0 Å². The highest BCUT2D eigenvalue weighted by Gasteiger charge is 2.63. The summed E-state index contributed by atoms with van der Waals surface area (Å²) in [5.74, 6) is -4.33. The Bertz CT molecular complexity index is 1480. The Labute approximate surface area is 249 Å². The summed E-state index contributed by atoms with van der Waals surface area (Å²) >= 11 is 5.57. The molecule has 16 heteroatoms. The molecule has 2 N–H and O–H groups in total. The summed E-state index contributed by atoms with van der Waals surface area (Å²) < 4.78 is 80.3. The Morgan fingerprint density at radius 1 is 1.21 bits per heavy atom. The second-order valence-corrected chi connectivity index (χ2v) is 13.4. The van der Waals surface area contributed by atoms with Crippen LogP contribution in [0.25, 0.3) is 10.8 Å². The molecule has 2 heterocycles. The Morgan fingerprint density at radius 3 is 2.53 bits per heavy atom. The standard InChI is InChI=1S/C27H29F4N2O8PS/c1-14(2)39-25(37)15(3)32-42(43,41-18-9-8-16-6-4-5-7-17(16)10-18)38-13-27(26(30)31)23(36)22(29)24(40-27)33-12-19(28)20(34)11-21(33)35/h4-10,12,14-15,22-24,26,36H,11,13H2,1-3H3,(H,32,43)/t15-,22-,23-,24+,27+,42?/m0/s1. The Hall–Kier alpha value is -2.94. The van der Waals surface area contributed by atoms with Gasteiger partial charge < -0.3 is 23.6 Å². The van der Waals surface area contributed by atoms with E-state index in [1.807, 2.05) is 12.1 Å². The second-order valence-electron chi connectivity index (χ2n) is 10.2. The fourth-order valence-corrected chi connectivity index (χ4v) is 6.83. The molecule has 2 aliphatic heterocycles. The van der Waals surface area contributed by atoms with Crippen LogP contribution in [-0.4, -0.2) is 76.9 Å². The number of alkyl halides is 3. The first-order valence-electron chi connectivity index (χ1n) is 13.1. The van der Waals surface area contributed by atoms with E-state index in [9.17, 15) is 32.7 Å². The quantitative estimate of drug-likeness (QED) is 0.160. The van der Waals surface area contributed by atoms with Gasteiger partial charge in [-0.15, -0.1) is 0 Å². The van der Waals surface area contributed by atoms with Crippen molar-refractivity contribution in [1.29, 1.82) is 0 Å². The minimum absolute atomic E-state index is 0.142. The largest absolute Gasteiger partial charge is 0.462 e. The summed E-state index contributed by atoms with van der Waals surface area (Å²) in [4.78, 5) is 36.6. The molecule has 0 aliphatic carbocycles. The van der Waals surface area contributed by atoms with Crippen molar-refractivity contribution in [2.24, 2.45) is 0 Å². The van der Waals surface area contributed by atoms with E-state index in [1.54, 1.807) is 38.1 Å². The molecule has 2 aliphatic rings. The Morgan fingerprint density at radius 2 is 1.88 bits per heavy atom. The lowest BCUT2D eigenvalue weighted by atomic mass is 9.97. The maximum atomic E-state index is 15.3. The molecule has 0 bridgehead atoms. The van der Waals surface area contributed by atoms with Gasteiger partial charge in [0.15, 0.2) is 23.8 Å². The number of hydrogen-bond donors (Lipinski definition) is 2. The number of ether oxygens (including phenoxy) is 2. The molecule has 43 heavy (non-hydrogen) atoms. The van der Waals surface area contributed by atoms with Crippen molar-refractivity contribution in [1.82, 2.24) is 9.99 Å². The molecule has 1 unspecified atom stereocenters. The highest BCUT2D eigenvalue weighted by molar-refractivity contribution is 8.09. The molecule has 2 aromatic carbocycles. The van der Waals surface area contributed by atoms with Gasteiger partial charge in [0.25, 0.3) is 6.43 Å². The van der Waals surface area contributed by atoms with E-state index in [0.717, 1.165) is 10.8 Å². The van der Waals surface area contributed by atoms with Crippen LogP contribution >= 0.6 is 6.64 Å². The number of carbonyl (C=O) groups is 3. The van der Waals surface area contributed by atoms with Crippen LogP contribution < -0.4 is 9.61 Å². The third-order valence-electron chi connectivity index (χ3n) is 6.64. The van der Waals surface area contributed by atoms with Gasteiger partial charge in [0.05, 0.1) is 19.1 Å². The van der Waals surface area contributed by atoms with E-state index in [1.165, 1.54) is 13.0 Å².